The molecule has 1 saturated heterocycles. The van der Waals surface area contributed by atoms with E-state index in [1.54, 1.807) is 31.2 Å². The van der Waals surface area contributed by atoms with Gasteiger partial charge in [0.1, 0.15) is 6.04 Å². The fraction of sp³-hybridized carbons (Fsp3) is 0.316. The van der Waals surface area contributed by atoms with Crippen LogP contribution in [0.4, 0.5) is 0 Å². The second-order valence-corrected chi connectivity index (χ2v) is 8.57. The van der Waals surface area contributed by atoms with Crippen molar-refractivity contribution in [2.24, 2.45) is 0 Å². The molecule has 0 saturated carbocycles. The van der Waals surface area contributed by atoms with Gasteiger partial charge in [0.25, 0.3) is 0 Å². The van der Waals surface area contributed by atoms with Crippen molar-refractivity contribution in [1.29, 1.82) is 5.26 Å². The molecule has 0 aliphatic carbocycles. The summed E-state index contributed by atoms with van der Waals surface area (Å²) >= 11 is 6.23. The highest BCUT2D eigenvalue weighted by molar-refractivity contribution is 7.89. The third kappa shape index (κ3) is 3.62. The number of nitrogens with zero attached hydrogens (tertiary/aromatic N) is 3. The summed E-state index contributed by atoms with van der Waals surface area (Å²) in [6, 6.07) is 16.1. The average molecular weight is 390 g/mol. The lowest BCUT2D eigenvalue weighted by Gasteiger charge is -2.36. The largest absolute Gasteiger partial charge is 0.282 e. The molecule has 1 fully saturated rings. The van der Waals surface area contributed by atoms with Gasteiger partial charge in [-0.1, -0.05) is 48.0 Å². The van der Waals surface area contributed by atoms with Crippen LogP contribution in [0, 0.1) is 18.3 Å². The van der Waals surface area contributed by atoms with Gasteiger partial charge in [-0.15, -0.1) is 0 Å². The van der Waals surface area contributed by atoms with Crippen molar-refractivity contribution in [3.8, 4) is 6.07 Å². The van der Waals surface area contributed by atoms with Gasteiger partial charge >= 0.3 is 0 Å². The van der Waals surface area contributed by atoms with Gasteiger partial charge in [-0.05, 0) is 24.6 Å². The predicted octanol–water partition coefficient (Wildman–Crippen LogP) is 3.22. The van der Waals surface area contributed by atoms with Crippen LogP contribution in [0.2, 0.25) is 5.02 Å². The first-order valence-corrected chi connectivity index (χ1v) is 10.2. The lowest BCUT2D eigenvalue weighted by atomic mass is 10.1. The smallest absolute Gasteiger partial charge is 0.243 e. The lowest BCUT2D eigenvalue weighted by Crippen LogP contribution is -2.49. The Kier molecular flexibility index (Phi) is 5.64. The normalized spacial score (nSPS) is 17.6. The molecule has 1 heterocycles. The Labute approximate surface area is 159 Å². The summed E-state index contributed by atoms with van der Waals surface area (Å²) in [5, 5.41) is 10.2. The summed E-state index contributed by atoms with van der Waals surface area (Å²) in [6.45, 7) is 3.45. The van der Waals surface area contributed by atoms with Crippen LogP contribution in [-0.2, 0) is 10.0 Å². The van der Waals surface area contributed by atoms with E-state index >= 15 is 0 Å². The van der Waals surface area contributed by atoms with Crippen molar-refractivity contribution in [2.45, 2.75) is 17.9 Å². The van der Waals surface area contributed by atoms with E-state index in [0.29, 0.717) is 36.1 Å². The van der Waals surface area contributed by atoms with Crippen molar-refractivity contribution in [2.75, 3.05) is 26.2 Å². The molecule has 3 rings (SSSR count). The first kappa shape index (κ1) is 18.9. The van der Waals surface area contributed by atoms with E-state index < -0.39 is 16.1 Å². The van der Waals surface area contributed by atoms with E-state index in [0.717, 1.165) is 11.1 Å². The summed E-state index contributed by atoms with van der Waals surface area (Å²) in [5.41, 5.74) is 1.49. The maximum Gasteiger partial charge on any atom is 0.243 e. The third-order valence-corrected chi connectivity index (χ3v) is 7.07. The van der Waals surface area contributed by atoms with Gasteiger partial charge in [-0.2, -0.15) is 9.57 Å². The zero-order valence-corrected chi connectivity index (χ0v) is 16.0. The quantitative estimate of drug-likeness (QED) is 0.805. The molecule has 1 aliphatic rings. The first-order valence-electron chi connectivity index (χ1n) is 8.39. The maximum absolute atomic E-state index is 12.9. The van der Waals surface area contributed by atoms with Crippen molar-refractivity contribution in [1.82, 2.24) is 9.21 Å². The average Bonchev–Trinajstić information content (AvgIpc) is 2.64. The first-order chi connectivity index (χ1) is 12.4. The molecule has 5 nitrogen and oxygen atoms in total. The van der Waals surface area contributed by atoms with Crippen LogP contribution in [0.1, 0.15) is 17.2 Å². The third-order valence-electron chi connectivity index (χ3n) is 4.67. The van der Waals surface area contributed by atoms with Gasteiger partial charge in [-0.3, -0.25) is 4.90 Å². The monoisotopic (exact) mass is 389 g/mol. The number of nitriles is 1. The molecule has 0 radical (unpaired) electrons. The molecule has 0 bridgehead atoms. The Morgan fingerprint density at radius 3 is 2.27 bits per heavy atom. The summed E-state index contributed by atoms with van der Waals surface area (Å²) < 4.78 is 27.3. The number of piperazine rings is 1. The Morgan fingerprint density at radius 2 is 1.65 bits per heavy atom. The predicted molar refractivity (Wildman–Crippen MR) is 101 cm³/mol. The van der Waals surface area contributed by atoms with E-state index in [1.165, 1.54) is 4.31 Å². The van der Waals surface area contributed by atoms with Crippen LogP contribution >= 0.6 is 11.6 Å². The molecule has 1 aliphatic heterocycles. The second kappa shape index (κ2) is 7.77. The van der Waals surface area contributed by atoms with Crippen molar-refractivity contribution >= 4 is 21.6 Å². The fourth-order valence-electron chi connectivity index (χ4n) is 3.23. The van der Waals surface area contributed by atoms with E-state index in [-0.39, 0.29) is 0 Å². The van der Waals surface area contributed by atoms with E-state index in [1.807, 2.05) is 29.2 Å². The van der Waals surface area contributed by atoms with E-state index in [4.69, 9.17) is 11.6 Å². The SMILES string of the molecule is Cc1ccccc1S(=O)(=O)N1CCN(C(C#N)c2ccccc2Cl)CC1. The number of sulfonamides is 1. The molecule has 0 amide bonds. The number of aryl methyl sites for hydroxylation is 1. The molecule has 0 spiro atoms. The minimum Gasteiger partial charge on any atom is -0.282 e. The molecule has 136 valence electrons. The van der Waals surface area contributed by atoms with Crippen molar-refractivity contribution in [3.05, 3.63) is 64.7 Å². The fourth-order valence-corrected chi connectivity index (χ4v) is 5.12. The van der Waals surface area contributed by atoms with Crippen LogP contribution in [-0.4, -0.2) is 43.8 Å². The molecule has 0 aromatic heterocycles. The Balaban J connectivity index is 1.76. The van der Waals surface area contributed by atoms with E-state index in [2.05, 4.69) is 6.07 Å². The number of hydrogen-bond acceptors (Lipinski definition) is 4. The molecule has 26 heavy (non-hydrogen) atoms. The topological polar surface area (TPSA) is 64.4 Å². The van der Waals surface area contributed by atoms with Gasteiger partial charge < -0.3 is 0 Å². The molecular formula is C19H20ClN3O2S. The Morgan fingerprint density at radius 1 is 1.04 bits per heavy atom. The second-order valence-electron chi connectivity index (χ2n) is 6.26. The summed E-state index contributed by atoms with van der Waals surface area (Å²) in [6.07, 6.45) is 0. The highest BCUT2D eigenvalue weighted by Gasteiger charge is 2.32. The molecule has 2 aromatic carbocycles. The highest BCUT2D eigenvalue weighted by atomic mass is 35.5. The zero-order valence-electron chi connectivity index (χ0n) is 14.5. The maximum atomic E-state index is 12.9. The van der Waals surface area contributed by atoms with Crippen LogP contribution in [0.3, 0.4) is 0 Å². The minimum absolute atomic E-state index is 0.344. The Hall–Kier alpha value is -1.91. The molecule has 2 aromatic rings. The summed E-state index contributed by atoms with van der Waals surface area (Å²) in [4.78, 5) is 2.32. The highest BCUT2D eigenvalue weighted by Crippen LogP contribution is 2.29. The summed E-state index contributed by atoms with van der Waals surface area (Å²) in [7, 11) is -3.52. The van der Waals surface area contributed by atoms with Crippen molar-refractivity contribution in [3.63, 3.8) is 0 Å². The van der Waals surface area contributed by atoms with Gasteiger partial charge in [0.05, 0.1) is 11.0 Å². The van der Waals surface area contributed by atoms with Gasteiger partial charge in [-0.25, -0.2) is 8.42 Å². The van der Waals surface area contributed by atoms with Gasteiger partial charge in [0.2, 0.25) is 10.0 Å². The van der Waals surface area contributed by atoms with Crippen LogP contribution in [0.25, 0.3) is 0 Å². The molecule has 7 heteroatoms. The van der Waals surface area contributed by atoms with Gasteiger partial charge in [0.15, 0.2) is 0 Å². The van der Waals surface area contributed by atoms with Crippen LogP contribution in [0.5, 0.6) is 0 Å². The molecule has 1 unspecified atom stereocenters. The minimum atomic E-state index is -3.52. The Bertz CT molecular complexity index is 932. The number of rotatable bonds is 4. The van der Waals surface area contributed by atoms with Crippen LogP contribution in [0.15, 0.2) is 53.4 Å². The van der Waals surface area contributed by atoms with Crippen LogP contribution < -0.4 is 0 Å². The standard InChI is InChI=1S/C19H20ClN3O2S/c1-15-6-2-5-9-19(15)26(24,25)23-12-10-22(11-13-23)18(14-21)16-7-3-4-8-17(16)20/h2-9,18H,10-13H2,1H3. The number of halogens is 1. The van der Waals surface area contributed by atoms with E-state index in [9.17, 15) is 13.7 Å². The summed E-state index contributed by atoms with van der Waals surface area (Å²) in [5.74, 6) is 0. The number of benzene rings is 2. The number of hydrogen-bond donors (Lipinski definition) is 0. The zero-order chi connectivity index (χ0) is 18.7. The lowest BCUT2D eigenvalue weighted by molar-refractivity contribution is 0.162. The van der Waals surface area contributed by atoms with Crippen molar-refractivity contribution < 1.29 is 8.42 Å². The molecular weight excluding hydrogens is 370 g/mol. The molecule has 0 N–H and O–H groups in total. The van der Waals surface area contributed by atoms with Gasteiger partial charge in [0, 0.05) is 36.8 Å². The molecule has 1 atom stereocenters.